The second-order valence-corrected chi connectivity index (χ2v) is 7.68. The second kappa shape index (κ2) is 10.1. The third kappa shape index (κ3) is 4.59. The number of amides is 2. The minimum absolute atomic E-state index is 0.00957. The number of carbonyl (C=O) groups is 2. The molecule has 0 saturated carbocycles. The Labute approximate surface area is 197 Å². The van der Waals surface area contributed by atoms with Crippen molar-refractivity contribution in [1.82, 2.24) is 0 Å². The van der Waals surface area contributed by atoms with Gasteiger partial charge in [-0.3, -0.25) is 9.59 Å². The first-order chi connectivity index (χ1) is 16.5. The standard InChI is InChI=1S/C27H26N2O5/c1-4-19(17-10-6-5-7-11-17)26(30)29-24-20-12-8-9-13-22(20)34-25(24)27(31)28-21-15-14-18(32-2)16-23(21)33-3/h5-16,19H,4H2,1-3H3,(H,28,31)(H,29,30)/t19-/m0/s1. The molecule has 0 aliphatic rings. The number of anilines is 2. The number of methoxy groups -OCH3 is 2. The minimum Gasteiger partial charge on any atom is -0.497 e. The van der Waals surface area contributed by atoms with Crippen LogP contribution in [-0.2, 0) is 4.79 Å². The molecular formula is C27H26N2O5. The predicted octanol–water partition coefficient (Wildman–Crippen LogP) is 5.83. The quantitative estimate of drug-likeness (QED) is 0.346. The SMILES string of the molecule is CC[C@H](C(=O)Nc1c(C(=O)Nc2ccc(OC)cc2OC)oc2ccccc12)c1ccccc1. The van der Waals surface area contributed by atoms with Crippen LogP contribution in [-0.4, -0.2) is 26.0 Å². The summed E-state index contributed by atoms with van der Waals surface area (Å²) in [7, 11) is 3.06. The van der Waals surface area contributed by atoms with E-state index < -0.39 is 5.91 Å². The van der Waals surface area contributed by atoms with Crippen molar-refractivity contribution in [3.8, 4) is 11.5 Å². The lowest BCUT2D eigenvalue weighted by Gasteiger charge is -2.16. The fourth-order valence-electron chi connectivity index (χ4n) is 3.88. The van der Waals surface area contributed by atoms with Crippen LogP contribution in [0.4, 0.5) is 11.4 Å². The van der Waals surface area contributed by atoms with Crippen molar-refractivity contribution in [1.29, 1.82) is 0 Å². The summed E-state index contributed by atoms with van der Waals surface area (Å²) < 4.78 is 16.5. The smallest absolute Gasteiger partial charge is 0.293 e. The molecule has 4 rings (SSSR count). The van der Waals surface area contributed by atoms with Crippen LogP contribution in [0, 0.1) is 0 Å². The largest absolute Gasteiger partial charge is 0.497 e. The number of nitrogens with one attached hydrogen (secondary N) is 2. The van der Waals surface area contributed by atoms with Crippen molar-refractivity contribution >= 4 is 34.2 Å². The Morgan fingerprint density at radius 3 is 2.35 bits per heavy atom. The molecule has 0 fully saturated rings. The van der Waals surface area contributed by atoms with Crippen LogP contribution in [0.1, 0.15) is 35.4 Å². The van der Waals surface area contributed by atoms with Crippen LogP contribution in [0.15, 0.2) is 77.2 Å². The molecule has 0 unspecified atom stereocenters. The minimum atomic E-state index is -0.511. The molecule has 7 nitrogen and oxygen atoms in total. The van der Waals surface area contributed by atoms with Crippen LogP contribution in [0.25, 0.3) is 11.0 Å². The summed E-state index contributed by atoms with van der Waals surface area (Å²) in [5.74, 6) is -0.0515. The van der Waals surface area contributed by atoms with Gasteiger partial charge in [-0.1, -0.05) is 49.4 Å². The first kappa shape index (κ1) is 22.9. The maximum atomic E-state index is 13.3. The molecule has 1 aromatic heterocycles. The number of hydrogen-bond donors (Lipinski definition) is 2. The normalized spacial score (nSPS) is 11.6. The zero-order valence-corrected chi connectivity index (χ0v) is 19.3. The highest BCUT2D eigenvalue weighted by Gasteiger charge is 2.26. The Hall–Kier alpha value is -4.26. The molecule has 0 aliphatic heterocycles. The molecule has 0 aliphatic carbocycles. The van der Waals surface area contributed by atoms with Crippen molar-refractivity contribution in [2.75, 3.05) is 24.9 Å². The lowest BCUT2D eigenvalue weighted by Crippen LogP contribution is -2.22. The van der Waals surface area contributed by atoms with Gasteiger partial charge < -0.3 is 24.5 Å². The fourth-order valence-corrected chi connectivity index (χ4v) is 3.88. The number of para-hydroxylation sites is 1. The van der Waals surface area contributed by atoms with E-state index in [4.69, 9.17) is 13.9 Å². The molecule has 0 spiro atoms. The van der Waals surface area contributed by atoms with Gasteiger partial charge in [-0.05, 0) is 36.2 Å². The van der Waals surface area contributed by atoms with Gasteiger partial charge in [0.15, 0.2) is 0 Å². The van der Waals surface area contributed by atoms with Crippen LogP contribution < -0.4 is 20.1 Å². The lowest BCUT2D eigenvalue weighted by atomic mass is 9.95. The monoisotopic (exact) mass is 458 g/mol. The summed E-state index contributed by atoms with van der Waals surface area (Å²) in [6.45, 7) is 1.95. The molecule has 34 heavy (non-hydrogen) atoms. The summed E-state index contributed by atoms with van der Waals surface area (Å²) in [6, 6.07) is 21.8. The molecular weight excluding hydrogens is 432 g/mol. The zero-order chi connectivity index (χ0) is 24.1. The van der Waals surface area contributed by atoms with Gasteiger partial charge >= 0.3 is 0 Å². The van der Waals surface area contributed by atoms with Crippen LogP contribution in [0.5, 0.6) is 11.5 Å². The number of furan rings is 1. The van der Waals surface area contributed by atoms with E-state index in [9.17, 15) is 9.59 Å². The maximum Gasteiger partial charge on any atom is 0.293 e. The highest BCUT2D eigenvalue weighted by molar-refractivity contribution is 6.15. The maximum absolute atomic E-state index is 13.3. The molecule has 2 N–H and O–H groups in total. The molecule has 3 aromatic carbocycles. The first-order valence-electron chi connectivity index (χ1n) is 11.0. The van der Waals surface area contributed by atoms with E-state index in [2.05, 4.69) is 10.6 Å². The number of carbonyl (C=O) groups excluding carboxylic acids is 2. The van der Waals surface area contributed by atoms with Gasteiger partial charge in [-0.15, -0.1) is 0 Å². The Bertz CT molecular complexity index is 1310. The predicted molar refractivity (Wildman–Crippen MR) is 132 cm³/mol. The number of fused-ring (bicyclic) bond motifs is 1. The van der Waals surface area contributed by atoms with Crippen molar-refractivity contribution in [3.63, 3.8) is 0 Å². The highest BCUT2D eigenvalue weighted by atomic mass is 16.5. The van der Waals surface area contributed by atoms with Gasteiger partial charge in [0, 0.05) is 11.5 Å². The van der Waals surface area contributed by atoms with Crippen molar-refractivity contribution in [2.24, 2.45) is 0 Å². The van der Waals surface area contributed by atoms with Crippen LogP contribution in [0.3, 0.4) is 0 Å². The van der Waals surface area contributed by atoms with Gasteiger partial charge in [-0.25, -0.2) is 0 Å². The van der Waals surface area contributed by atoms with E-state index in [0.717, 1.165) is 5.56 Å². The molecule has 4 aromatic rings. The zero-order valence-electron chi connectivity index (χ0n) is 19.3. The Morgan fingerprint density at radius 1 is 0.912 bits per heavy atom. The van der Waals surface area contributed by atoms with E-state index in [1.807, 2.05) is 55.5 Å². The fraction of sp³-hybridized carbons (Fsp3) is 0.185. The number of ether oxygens (including phenoxy) is 2. The molecule has 1 atom stereocenters. The average molecular weight is 459 g/mol. The van der Waals surface area contributed by atoms with Crippen LogP contribution in [0.2, 0.25) is 0 Å². The van der Waals surface area contributed by atoms with Crippen molar-refractivity contribution < 1.29 is 23.5 Å². The number of benzene rings is 3. The molecule has 174 valence electrons. The topological polar surface area (TPSA) is 89.8 Å². The highest BCUT2D eigenvalue weighted by Crippen LogP contribution is 2.35. The Kier molecular flexibility index (Phi) is 6.82. The van der Waals surface area contributed by atoms with E-state index >= 15 is 0 Å². The summed E-state index contributed by atoms with van der Waals surface area (Å²) >= 11 is 0. The second-order valence-electron chi connectivity index (χ2n) is 7.68. The van der Waals surface area contributed by atoms with Gasteiger partial charge in [0.25, 0.3) is 5.91 Å². The van der Waals surface area contributed by atoms with E-state index in [-0.39, 0.29) is 17.6 Å². The van der Waals surface area contributed by atoms with E-state index in [1.165, 1.54) is 7.11 Å². The van der Waals surface area contributed by atoms with Crippen molar-refractivity contribution in [3.05, 3.63) is 84.1 Å². The van der Waals surface area contributed by atoms with Gasteiger partial charge in [0.2, 0.25) is 11.7 Å². The number of hydrogen-bond acceptors (Lipinski definition) is 5. The molecule has 2 amide bonds. The van der Waals surface area contributed by atoms with E-state index in [1.54, 1.807) is 31.4 Å². The lowest BCUT2D eigenvalue weighted by molar-refractivity contribution is -0.117. The molecule has 0 radical (unpaired) electrons. The third-order valence-corrected chi connectivity index (χ3v) is 5.63. The molecule has 0 saturated heterocycles. The summed E-state index contributed by atoms with van der Waals surface area (Å²) in [6.07, 6.45) is 0.607. The molecule has 0 bridgehead atoms. The third-order valence-electron chi connectivity index (χ3n) is 5.63. The Balaban J connectivity index is 1.68. The van der Waals surface area contributed by atoms with Gasteiger partial charge in [0.1, 0.15) is 22.8 Å². The first-order valence-corrected chi connectivity index (χ1v) is 11.0. The van der Waals surface area contributed by atoms with Crippen LogP contribution >= 0.6 is 0 Å². The average Bonchev–Trinajstić information content (AvgIpc) is 3.24. The Morgan fingerprint density at radius 2 is 1.65 bits per heavy atom. The summed E-state index contributed by atoms with van der Waals surface area (Å²) in [4.78, 5) is 26.5. The van der Waals surface area contributed by atoms with Gasteiger partial charge in [-0.2, -0.15) is 0 Å². The summed E-state index contributed by atoms with van der Waals surface area (Å²) in [5.41, 5.74) is 2.18. The number of rotatable bonds is 8. The van der Waals surface area contributed by atoms with Gasteiger partial charge in [0.05, 0.1) is 25.8 Å². The molecule has 7 heteroatoms. The van der Waals surface area contributed by atoms with E-state index in [0.29, 0.717) is 40.3 Å². The molecule has 1 heterocycles. The van der Waals surface area contributed by atoms with Crippen molar-refractivity contribution in [2.45, 2.75) is 19.3 Å². The summed E-state index contributed by atoms with van der Waals surface area (Å²) in [5, 5.41) is 6.41.